The predicted octanol–water partition coefficient (Wildman–Crippen LogP) is 4.91. The first kappa shape index (κ1) is 20.7. The number of hydrogen-bond acceptors (Lipinski definition) is 4. The molecule has 0 amide bonds. The zero-order valence-corrected chi connectivity index (χ0v) is 17.2. The first-order valence-corrected chi connectivity index (χ1v) is 9.95. The van der Waals surface area contributed by atoms with Gasteiger partial charge in [0, 0.05) is 18.7 Å². The van der Waals surface area contributed by atoms with Gasteiger partial charge < -0.3 is 14.8 Å². The Balaban J connectivity index is 0.00000225. The van der Waals surface area contributed by atoms with E-state index in [9.17, 15) is 0 Å². The molecule has 4 nitrogen and oxygen atoms in total. The summed E-state index contributed by atoms with van der Waals surface area (Å²) >= 11 is 0. The lowest BCUT2D eigenvalue weighted by Gasteiger charge is -2.14. The largest absolute Gasteiger partial charge is 0.497 e. The molecule has 1 aliphatic carbocycles. The normalized spacial score (nSPS) is 19.0. The lowest BCUT2D eigenvalue weighted by atomic mass is 10.1. The molecule has 28 heavy (non-hydrogen) atoms. The third kappa shape index (κ3) is 4.86. The summed E-state index contributed by atoms with van der Waals surface area (Å²) in [4.78, 5) is 4.94. The van der Waals surface area contributed by atoms with Crippen molar-refractivity contribution in [1.29, 1.82) is 0 Å². The number of methoxy groups -OCH3 is 1. The summed E-state index contributed by atoms with van der Waals surface area (Å²) in [6.45, 7) is 2.30. The molecule has 2 aromatic rings. The number of hydrogen-bond donors (Lipinski definition) is 1. The van der Waals surface area contributed by atoms with Gasteiger partial charge in [0.2, 0.25) is 0 Å². The summed E-state index contributed by atoms with van der Waals surface area (Å²) in [5.74, 6) is 2.51. The molecule has 1 N–H and O–H groups in total. The Hall–Kier alpha value is -2.04. The van der Waals surface area contributed by atoms with Crippen LogP contribution >= 0.6 is 12.4 Å². The summed E-state index contributed by atoms with van der Waals surface area (Å²) in [5.41, 5.74) is 3.48. The quantitative estimate of drug-likeness (QED) is 0.717. The van der Waals surface area contributed by atoms with E-state index in [1.807, 2.05) is 12.1 Å². The third-order valence-corrected chi connectivity index (χ3v) is 5.59. The maximum atomic E-state index is 6.07. The molecular weight excluding hydrogens is 372 g/mol. The maximum Gasteiger partial charge on any atom is 0.129 e. The van der Waals surface area contributed by atoms with Crippen molar-refractivity contribution in [2.45, 2.75) is 38.3 Å². The van der Waals surface area contributed by atoms with Gasteiger partial charge in [-0.2, -0.15) is 0 Å². The number of amidine groups is 1. The molecule has 4 rings (SSSR count). The highest BCUT2D eigenvalue weighted by molar-refractivity contribution is 6.01. The summed E-state index contributed by atoms with van der Waals surface area (Å²) in [5, 5.41) is 3.48. The van der Waals surface area contributed by atoms with Crippen LogP contribution in [0.15, 0.2) is 53.5 Å². The topological polar surface area (TPSA) is 42.9 Å². The zero-order chi connectivity index (χ0) is 18.5. The Kier molecular flexibility index (Phi) is 7.35. The average Bonchev–Trinajstić information content (AvgIpc) is 3.41. The molecule has 0 radical (unpaired) electrons. The molecule has 2 aliphatic rings. The minimum Gasteiger partial charge on any atom is -0.497 e. The maximum absolute atomic E-state index is 6.07. The van der Waals surface area contributed by atoms with Gasteiger partial charge in [-0.25, -0.2) is 0 Å². The van der Waals surface area contributed by atoms with E-state index in [1.165, 1.54) is 31.2 Å². The van der Waals surface area contributed by atoms with Gasteiger partial charge in [0.1, 0.15) is 11.6 Å². The fourth-order valence-corrected chi connectivity index (χ4v) is 4.01. The Morgan fingerprint density at radius 1 is 1.07 bits per heavy atom. The molecular formula is C23H29ClN2O2. The van der Waals surface area contributed by atoms with E-state index in [0.717, 1.165) is 41.8 Å². The van der Waals surface area contributed by atoms with E-state index >= 15 is 0 Å². The number of nitrogens with zero attached hydrogens (tertiary/aromatic N) is 1. The fourth-order valence-electron chi connectivity index (χ4n) is 4.01. The Bertz CT molecular complexity index is 788. The molecule has 2 aromatic carbocycles. The van der Waals surface area contributed by atoms with Gasteiger partial charge in [-0.05, 0) is 42.0 Å². The first-order chi connectivity index (χ1) is 13.3. The number of aliphatic imine (C=N–C) groups is 1. The van der Waals surface area contributed by atoms with Crippen LogP contribution in [0.25, 0.3) is 0 Å². The lowest BCUT2D eigenvalue weighted by Crippen LogP contribution is -2.22. The van der Waals surface area contributed by atoms with Crippen LogP contribution in [0, 0.1) is 5.92 Å². The molecule has 1 aliphatic heterocycles. The molecule has 1 fully saturated rings. The second kappa shape index (κ2) is 9.94. The monoisotopic (exact) mass is 400 g/mol. The molecule has 0 bridgehead atoms. The fraction of sp³-hybridized carbons (Fsp3) is 0.435. The second-order valence-corrected chi connectivity index (χ2v) is 7.47. The van der Waals surface area contributed by atoms with Gasteiger partial charge in [-0.15, -0.1) is 12.4 Å². The van der Waals surface area contributed by atoms with Crippen LogP contribution in [0.1, 0.15) is 48.4 Å². The molecule has 5 heteroatoms. The van der Waals surface area contributed by atoms with Crippen LogP contribution < -0.4 is 10.1 Å². The van der Waals surface area contributed by atoms with E-state index in [2.05, 4.69) is 41.7 Å². The van der Waals surface area contributed by atoms with Gasteiger partial charge in [0.15, 0.2) is 0 Å². The van der Waals surface area contributed by atoms with Crippen LogP contribution in [0.4, 0.5) is 0 Å². The number of rotatable bonds is 7. The minimum atomic E-state index is 0. The van der Waals surface area contributed by atoms with Gasteiger partial charge in [-0.1, -0.05) is 49.2 Å². The third-order valence-electron chi connectivity index (χ3n) is 5.59. The van der Waals surface area contributed by atoms with Crippen molar-refractivity contribution >= 4 is 18.2 Å². The highest BCUT2D eigenvalue weighted by Gasteiger charge is 2.22. The van der Waals surface area contributed by atoms with Crippen molar-refractivity contribution in [3.8, 4) is 5.75 Å². The molecule has 0 spiro atoms. The Labute approximate surface area is 173 Å². The number of nitrogens with one attached hydrogen (secondary N) is 1. The van der Waals surface area contributed by atoms with Crippen LogP contribution in [-0.4, -0.2) is 26.1 Å². The standard InChI is InChI=1S/C23H28N2O2.ClH/c1-26-20-12-11-19(16-27-15-17-7-5-6-8-17)21(13-20)23-24-14-22(25-23)18-9-3-2-4-10-18;/h2-4,9-13,17,22H,5-8,14-16H2,1H3,(H,24,25);1H. The highest BCUT2D eigenvalue weighted by atomic mass is 35.5. The van der Waals surface area contributed by atoms with Crippen LogP contribution in [-0.2, 0) is 11.3 Å². The highest BCUT2D eigenvalue weighted by Crippen LogP contribution is 2.27. The SMILES string of the molecule is COc1ccc(COCC2CCCC2)c(C2=NC(c3ccccc3)CN2)c1.Cl. The van der Waals surface area contributed by atoms with Gasteiger partial charge in [0.25, 0.3) is 0 Å². The molecule has 1 saturated carbocycles. The van der Waals surface area contributed by atoms with Crippen LogP contribution in [0.2, 0.25) is 0 Å². The molecule has 1 heterocycles. The van der Waals surface area contributed by atoms with E-state index in [4.69, 9.17) is 14.5 Å². The van der Waals surface area contributed by atoms with Crippen LogP contribution in [0.3, 0.4) is 0 Å². The Morgan fingerprint density at radius 3 is 2.61 bits per heavy atom. The summed E-state index contributed by atoms with van der Waals surface area (Å²) in [6, 6.07) is 16.8. The van der Waals surface area contributed by atoms with Crippen molar-refractivity contribution < 1.29 is 9.47 Å². The van der Waals surface area contributed by atoms with Gasteiger partial charge in [0.05, 0.1) is 19.8 Å². The number of benzene rings is 2. The smallest absolute Gasteiger partial charge is 0.129 e. The molecule has 150 valence electrons. The number of ether oxygens (including phenoxy) is 2. The summed E-state index contributed by atoms with van der Waals surface area (Å²) in [7, 11) is 1.70. The van der Waals surface area contributed by atoms with Crippen molar-refractivity contribution in [2.24, 2.45) is 10.9 Å². The molecule has 1 atom stereocenters. The first-order valence-electron chi connectivity index (χ1n) is 9.95. The van der Waals surface area contributed by atoms with Crippen molar-refractivity contribution in [1.82, 2.24) is 5.32 Å². The van der Waals surface area contributed by atoms with Crippen molar-refractivity contribution in [3.63, 3.8) is 0 Å². The molecule has 0 aromatic heterocycles. The zero-order valence-electron chi connectivity index (χ0n) is 16.4. The van der Waals surface area contributed by atoms with E-state index in [-0.39, 0.29) is 18.4 Å². The molecule has 1 unspecified atom stereocenters. The number of halogens is 1. The average molecular weight is 401 g/mol. The minimum absolute atomic E-state index is 0. The van der Waals surface area contributed by atoms with E-state index < -0.39 is 0 Å². The summed E-state index contributed by atoms with van der Waals surface area (Å²) in [6.07, 6.45) is 5.32. The lowest BCUT2D eigenvalue weighted by molar-refractivity contribution is 0.0887. The summed E-state index contributed by atoms with van der Waals surface area (Å²) < 4.78 is 11.5. The van der Waals surface area contributed by atoms with Gasteiger partial charge >= 0.3 is 0 Å². The van der Waals surface area contributed by atoms with E-state index in [0.29, 0.717) is 6.61 Å². The van der Waals surface area contributed by atoms with Crippen molar-refractivity contribution in [3.05, 3.63) is 65.2 Å². The van der Waals surface area contributed by atoms with E-state index in [1.54, 1.807) is 7.11 Å². The van der Waals surface area contributed by atoms with Gasteiger partial charge in [-0.3, -0.25) is 4.99 Å². The van der Waals surface area contributed by atoms with Crippen molar-refractivity contribution in [2.75, 3.05) is 20.3 Å². The predicted molar refractivity (Wildman–Crippen MR) is 116 cm³/mol. The second-order valence-electron chi connectivity index (χ2n) is 7.47. The van der Waals surface area contributed by atoms with Crippen LogP contribution in [0.5, 0.6) is 5.75 Å². The Morgan fingerprint density at radius 2 is 1.86 bits per heavy atom. The molecule has 0 saturated heterocycles.